The lowest BCUT2D eigenvalue weighted by molar-refractivity contribution is -0.0320. The van der Waals surface area contributed by atoms with Gasteiger partial charge in [0, 0.05) is 56.3 Å². The van der Waals surface area contributed by atoms with Crippen LogP contribution in [0.2, 0.25) is 0 Å². The summed E-state index contributed by atoms with van der Waals surface area (Å²) in [4.78, 5) is 8.39. The van der Waals surface area contributed by atoms with Crippen LogP contribution in [0.4, 0.5) is 8.78 Å². The molecule has 0 radical (unpaired) electrons. The van der Waals surface area contributed by atoms with E-state index in [1.807, 2.05) is 23.0 Å². The Morgan fingerprint density at radius 1 is 0.912 bits per heavy atom. The minimum Gasteiger partial charge on any atom is -0.382 e. The fourth-order valence-corrected chi connectivity index (χ4v) is 4.65. The highest BCUT2D eigenvalue weighted by Crippen LogP contribution is 2.28. The third-order valence-corrected chi connectivity index (χ3v) is 6.45. The number of hydrogen-bond donors (Lipinski definition) is 1. The molecule has 1 aliphatic heterocycles. The van der Waals surface area contributed by atoms with E-state index in [4.69, 9.17) is 0 Å². The molecule has 2 aromatic heterocycles. The van der Waals surface area contributed by atoms with Crippen molar-refractivity contribution in [2.45, 2.75) is 18.7 Å². The van der Waals surface area contributed by atoms with Crippen LogP contribution in [0, 0.1) is 11.6 Å². The fourth-order valence-electron chi connectivity index (χ4n) is 4.65. The lowest BCUT2D eigenvalue weighted by Crippen LogP contribution is -2.52. The fraction of sp³-hybridized carbons (Fsp3) is 0.375. The molecule has 5 rings (SSSR count). The van der Waals surface area contributed by atoms with Gasteiger partial charge in [0.1, 0.15) is 29.9 Å². The lowest BCUT2D eigenvalue weighted by atomic mass is 9.92. The topological polar surface area (TPSA) is 75.2 Å². The summed E-state index contributed by atoms with van der Waals surface area (Å²) in [5, 5.41) is 21.2. The number of para-hydroxylation sites is 1. The Kier molecular flexibility index (Phi) is 6.36. The molecule has 0 bridgehead atoms. The second-order valence-electron chi connectivity index (χ2n) is 8.79. The van der Waals surface area contributed by atoms with Gasteiger partial charge in [0.15, 0.2) is 0 Å². The van der Waals surface area contributed by atoms with Crippen molar-refractivity contribution in [2.75, 3.05) is 39.3 Å². The molecular weight excluding hydrogens is 440 g/mol. The third-order valence-electron chi connectivity index (χ3n) is 6.45. The minimum atomic E-state index is -1.58. The van der Waals surface area contributed by atoms with Gasteiger partial charge in [0.05, 0.1) is 24.8 Å². The second kappa shape index (κ2) is 9.57. The molecule has 2 aromatic carbocycles. The largest absolute Gasteiger partial charge is 0.382 e. The van der Waals surface area contributed by atoms with E-state index in [9.17, 15) is 13.9 Å². The third kappa shape index (κ3) is 4.84. The summed E-state index contributed by atoms with van der Waals surface area (Å²) in [6.07, 6.45) is 4.73. The van der Waals surface area contributed by atoms with Crippen molar-refractivity contribution < 1.29 is 13.9 Å². The number of aromatic nitrogens is 5. The van der Waals surface area contributed by atoms with Crippen LogP contribution in [0.1, 0.15) is 5.56 Å². The minimum absolute atomic E-state index is 0.0160. The average molecular weight is 468 g/mol. The molecule has 0 spiro atoms. The highest BCUT2D eigenvalue weighted by atomic mass is 19.1. The van der Waals surface area contributed by atoms with Crippen molar-refractivity contribution >= 4 is 10.9 Å². The van der Waals surface area contributed by atoms with Gasteiger partial charge >= 0.3 is 0 Å². The maximum atomic E-state index is 14.7. The number of rotatable bonds is 8. The second-order valence-corrected chi connectivity index (χ2v) is 8.79. The standard InChI is InChI=1S/C24H27F2N7O/c25-20-5-6-21(22(26)13-20)24(34,16-32-18-27-17-29-32)15-31-9-7-30(8-10-31)11-12-33-23-4-2-1-3-19(23)14-28-33/h1-6,13-14,17-18,34H,7-12,15-16H2/t24-/m0/s1. The molecule has 0 aliphatic carbocycles. The van der Waals surface area contributed by atoms with Crippen molar-refractivity contribution in [2.24, 2.45) is 0 Å². The van der Waals surface area contributed by atoms with Crippen LogP contribution >= 0.6 is 0 Å². The van der Waals surface area contributed by atoms with Crippen LogP contribution in [-0.2, 0) is 18.7 Å². The summed E-state index contributed by atoms with van der Waals surface area (Å²) in [6, 6.07) is 11.4. The van der Waals surface area contributed by atoms with Gasteiger partial charge in [-0.25, -0.2) is 18.4 Å². The molecule has 3 heterocycles. The highest BCUT2D eigenvalue weighted by Gasteiger charge is 2.36. The van der Waals surface area contributed by atoms with E-state index >= 15 is 0 Å². The Labute approximate surface area is 196 Å². The molecule has 34 heavy (non-hydrogen) atoms. The molecule has 4 aromatic rings. The Balaban J connectivity index is 1.23. The Morgan fingerprint density at radius 2 is 1.71 bits per heavy atom. The number of piperazine rings is 1. The normalized spacial score (nSPS) is 17.3. The van der Waals surface area contributed by atoms with Gasteiger partial charge in [0.25, 0.3) is 0 Å². The van der Waals surface area contributed by atoms with Gasteiger partial charge < -0.3 is 5.11 Å². The van der Waals surface area contributed by atoms with Crippen LogP contribution < -0.4 is 0 Å². The van der Waals surface area contributed by atoms with E-state index < -0.39 is 17.2 Å². The van der Waals surface area contributed by atoms with E-state index in [0.717, 1.165) is 56.2 Å². The first-order valence-corrected chi connectivity index (χ1v) is 11.4. The van der Waals surface area contributed by atoms with Gasteiger partial charge in [-0.2, -0.15) is 10.2 Å². The zero-order valence-corrected chi connectivity index (χ0v) is 18.8. The molecule has 1 saturated heterocycles. The van der Waals surface area contributed by atoms with Crippen molar-refractivity contribution in [3.8, 4) is 0 Å². The summed E-state index contributed by atoms with van der Waals surface area (Å²) >= 11 is 0. The van der Waals surface area contributed by atoms with Crippen LogP contribution in [0.5, 0.6) is 0 Å². The van der Waals surface area contributed by atoms with Crippen molar-refractivity contribution in [3.05, 3.63) is 78.5 Å². The number of benzene rings is 2. The van der Waals surface area contributed by atoms with E-state index in [-0.39, 0.29) is 18.7 Å². The maximum absolute atomic E-state index is 14.7. The zero-order chi connectivity index (χ0) is 23.5. The molecule has 1 N–H and O–H groups in total. The Morgan fingerprint density at radius 3 is 2.47 bits per heavy atom. The number of aliphatic hydroxyl groups is 1. The molecule has 0 unspecified atom stereocenters. The molecular formula is C24H27F2N7O. The predicted molar refractivity (Wildman–Crippen MR) is 123 cm³/mol. The maximum Gasteiger partial charge on any atom is 0.137 e. The quantitative estimate of drug-likeness (QED) is 0.428. The smallest absolute Gasteiger partial charge is 0.137 e. The lowest BCUT2D eigenvalue weighted by Gasteiger charge is -2.39. The number of halogens is 2. The molecule has 0 amide bonds. The van der Waals surface area contributed by atoms with Crippen molar-refractivity contribution in [1.82, 2.24) is 34.3 Å². The molecule has 8 nitrogen and oxygen atoms in total. The van der Waals surface area contributed by atoms with E-state index in [0.29, 0.717) is 0 Å². The molecule has 1 fully saturated rings. The summed E-state index contributed by atoms with van der Waals surface area (Å²) in [6.45, 7) is 4.98. The van der Waals surface area contributed by atoms with Crippen LogP contribution in [0.25, 0.3) is 10.9 Å². The van der Waals surface area contributed by atoms with E-state index in [1.165, 1.54) is 29.5 Å². The monoisotopic (exact) mass is 467 g/mol. The van der Waals surface area contributed by atoms with Gasteiger partial charge in [-0.3, -0.25) is 14.5 Å². The summed E-state index contributed by atoms with van der Waals surface area (Å²) in [7, 11) is 0. The first-order chi connectivity index (χ1) is 16.5. The summed E-state index contributed by atoms with van der Waals surface area (Å²) in [5.74, 6) is -1.45. The number of β-amino-alcohol motifs (C(OH)–C–C–N with tert-alkyl or cyclic N) is 1. The Bertz CT molecular complexity index is 1240. The predicted octanol–water partition coefficient (Wildman–Crippen LogP) is 2.11. The molecule has 10 heteroatoms. The van der Waals surface area contributed by atoms with Crippen LogP contribution in [0.15, 0.2) is 61.3 Å². The van der Waals surface area contributed by atoms with Gasteiger partial charge in [-0.15, -0.1) is 0 Å². The SMILES string of the molecule is O[C@@](CN1CCN(CCn2ncc3ccccc32)CC1)(Cn1cncn1)c1ccc(F)cc1F. The first kappa shape index (κ1) is 22.6. The molecule has 178 valence electrons. The Hall–Kier alpha value is -3.21. The zero-order valence-electron chi connectivity index (χ0n) is 18.8. The highest BCUT2D eigenvalue weighted by molar-refractivity contribution is 5.78. The van der Waals surface area contributed by atoms with Crippen molar-refractivity contribution in [3.63, 3.8) is 0 Å². The van der Waals surface area contributed by atoms with Crippen LogP contribution in [0.3, 0.4) is 0 Å². The average Bonchev–Trinajstić information content (AvgIpc) is 3.48. The number of hydrogen-bond acceptors (Lipinski definition) is 6. The van der Waals surface area contributed by atoms with E-state index in [2.05, 4.69) is 37.1 Å². The molecule has 0 saturated carbocycles. The summed E-state index contributed by atoms with van der Waals surface area (Å²) in [5.41, 5.74) is -0.403. The van der Waals surface area contributed by atoms with E-state index in [1.54, 1.807) is 0 Å². The van der Waals surface area contributed by atoms with Crippen LogP contribution in [-0.4, -0.2) is 78.7 Å². The first-order valence-electron chi connectivity index (χ1n) is 11.4. The van der Waals surface area contributed by atoms with Gasteiger partial charge in [-0.05, 0) is 12.1 Å². The number of fused-ring (bicyclic) bond motifs is 1. The van der Waals surface area contributed by atoms with Crippen molar-refractivity contribution in [1.29, 1.82) is 0 Å². The number of nitrogens with zero attached hydrogens (tertiary/aromatic N) is 7. The van der Waals surface area contributed by atoms with Gasteiger partial charge in [0.2, 0.25) is 0 Å². The molecule has 1 atom stereocenters. The summed E-state index contributed by atoms with van der Waals surface area (Å²) < 4.78 is 31.6. The van der Waals surface area contributed by atoms with Gasteiger partial charge in [-0.1, -0.05) is 24.3 Å². The molecule has 1 aliphatic rings.